The first-order valence-corrected chi connectivity index (χ1v) is 6.86. The van der Waals surface area contributed by atoms with Crippen molar-refractivity contribution in [1.82, 2.24) is 4.90 Å². The van der Waals surface area contributed by atoms with Gasteiger partial charge in [-0.05, 0) is 18.6 Å². The van der Waals surface area contributed by atoms with Crippen molar-refractivity contribution < 1.29 is 4.79 Å². The van der Waals surface area contributed by atoms with Gasteiger partial charge < -0.3 is 10.6 Å². The maximum Gasteiger partial charge on any atom is 0.226 e. The van der Waals surface area contributed by atoms with E-state index in [1.54, 1.807) is 16.7 Å². The molecule has 90 valence electrons. The van der Waals surface area contributed by atoms with Crippen LogP contribution >= 0.6 is 11.8 Å². The third-order valence-electron chi connectivity index (χ3n) is 2.40. The summed E-state index contributed by atoms with van der Waals surface area (Å²) in [5, 5.41) is 0. The lowest BCUT2D eigenvalue weighted by Crippen LogP contribution is -2.38. The normalized spacial score (nSPS) is 12.9. The van der Waals surface area contributed by atoms with Gasteiger partial charge in [0.15, 0.2) is 0 Å². The minimum absolute atomic E-state index is 0.00291. The van der Waals surface area contributed by atoms with Crippen LogP contribution in [-0.2, 0) is 4.79 Å². The highest BCUT2D eigenvalue weighted by molar-refractivity contribution is 7.98. The van der Waals surface area contributed by atoms with Crippen molar-refractivity contribution in [3.05, 3.63) is 0 Å². The number of hydrogen-bond donors (Lipinski definition) is 1. The fraction of sp³-hybridized carbons (Fsp3) is 0.909. The molecule has 1 atom stereocenters. The first-order chi connectivity index (χ1) is 7.02. The Hall–Kier alpha value is -0.220. The van der Waals surface area contributed by atoms with Gasteiger partial charge in [0, 0.05) is 25.9 Å². The molecule has 1 unspecified atom stereocenters. The Morgan fingerprint density at radius 2 is 2.07 bits per heavy atom. The van der Waals surface area contributed by atoms with Gasteiger partial charge in [0.2, 0.25) is 5.91 Å². The summed E-state index contributed by atoms with van der Waals surface area (Å²) in [5.74, 6) is 1.70. The second-order valence-corrected chi connectivity index (χ2v) is 5.30. The Morgan fingerprint density at radius 1 is 1.47 bits per heavy atom. The quantitative estimate of drug-likeness (QED) is 0.722. The molecular formula is C11H24N2OS. The summed E-state index contributed by atoms with van der Waals surface area (Å²) in [5.41, 5.74) is 5.64. The molecule has 0 aromatic carbocycles. The Morgan fingerprint density at radius 3 is 2.47 bits per heavy atom. The highest BCUT2D eigenvalue weighted by Crippen LogP contribution is 2.13. The molecule has 0 fully saturated rings. The monoisotopic (exact) mass is 232 g/mol. The number of thioether (sulfide) groups is 1. The van der Waals surface area contributed by atoms with E-state index in [0.717, 1.165) is 18.7 Å². The van der Waals surface area contributed by atoms with E-state index in [9.17, 15) is 4.79 Å². The van der Waals surface area contributed by atoms with Crippen LogP contribution in [-0.4, -0.2) is 43.0 Å². The first-order valence-electron chi connectivity index (χ1n) is 5.46. The van der Waals surface area contributed by atoms with E-state index in [-0.39, 0.29) is 11.8 Å². The van der Waals surface area contributed by atoms with Crippen LogP contribution in [0.3, 0.4) is 0 Å². The van der Waals surface area contributed by atoms with Crippen molar-refractivity contribution in [2.45, 2.75) is 20.3 Å². The van der Waals surface area contributed by atoms with Crippen LogP contribution in [0, 0.1) is 11.8 Å². The smallest absolute Gasteiger partial charge is 0.226 e. The number of hydrogen-bond acceptors (Lipinski definition) is 3. The van der Waals surface area contributed by atoms with Crippen LogP contribution in [0.2, 0.25) is 0 Å². The predicted molar refractivity (Wildman–Crippen MR) is 68.0 cm³/mol. The van der Waals surface area contributed by atoms with Gasteiger partial charge in [0.05, 0.1) is 5.92 Å². The average molecular weight is 232 g/mol. The van der Waals surface area contributed by atoms with Crippen LogP contribution in [0.25, 0.3) is 0 Å². The molecule has 0 aromatic rings. The molecule has 4 heteroatoms. The summed E-state index contributed by atoms with van der Waals surface area (Å²) in [6, 6.07) is 0. The van der Waals surface area contributed by atoms with Gasteiger partial charge in [-0.15, -0.1) is 0 Å². The molecule has 0 rings (SSSR count). The molecule has 15 heavy (non-hydrogen) atoms. The minimum Gasteiger partial charge on any atom is -0.345 e. The van der Waals surface area contributed by atoms with Crippen molar-refractivity contribution in [3.63, 3.8) is 0 Å². The minimum atomic E-state index is -0.00291. The molecule has 0 saturated heterocycles. The molecule has 0 bridgehead atoms. The molecule has 0 aliphatic carbocycles. The zero-order valence-electron chi connectivity index (χ0n) is 10.3. The molecule has 0 radical (unpaired) electrons. The fourth-order valence-electron chi connectivity index (χ4n) is 1.52. The zero-order chi connectivity index (χ0) is 11.8. The van der Waals surface area contributed by atoms with Crippen LogP contribution < -0.4 is 5.73 Å². The van der Waals surface area contributed by atoms with E-state index >= 15 is 0 Å². The number of rotatable bonds is 7. The van der Waals surface area contributed by atoms with Crippen molar-refractivity contribution >= 4 is 17.7 Å². The Balaban J connectivity index is 4.12. The molecule has 3 nitrogen and oxygen atoms in total. The van der Waals surface area contributed by atoms with Crippen LogP contribution in [0.5, 0.6) is 0 Å². The van der Waals surface area contributed by atoms with E-state index < -0.39 is 0 Å². The Bertz CT molecular complexity index is 185. The molecule has 0 aliphatic heterocycles. The molecule has 0 spiro atoms. The highest BCUT2D eigenvalue weighted by Gasteiger charge is 2.21. The van der Waals surface area contributed by atoms with Crippen LogP contribution in [0.1, 0.15) is 20.3 Å². The summed E-state index contributed by atoms with van der Waals surface area (Å²) >= 11 is 1.76. The number of amides is 1. The third-order valence-corrected chi connectivity index (χ3v) is 2.99. The van der Waals surface area contributed by atoms with Gasteiger partial charge in [0.25, 0.3) is 0 Å². The fourth-order valence-corrected chi connectivity index (χ4v) is 1.97. The van der Waals surface area contributed by atoms with Gasteiger partial charge in [-0.2, -0.15) is 11.8 Å². The standard InChI is InChI=1S/C11H24N2OS/c1-9(2)7-10(8-12)11(14)13(3)5-6-15-4/h9-10H,5-8,12H2,1-4H3. The first kappa shape index (κ1) is 14.8. The molecule has 0 aliphatic rings. The number of nitrogens with zero attached hydrogens (tertiary/aromatic N) is 1. The van der Waals surface area contributed by atoms with Crippen molar-refractivity contribution in [2.75, 3.05) is 32.1 Å². The Labute approximate surface area is 97.8 Å². The number of carbonyl (C=O) groups excluding carboxylic acids is 1. The summed E-state index contributed by atoms with van der Waals surface area (Å²) < 4.78 is 0. The van der Waals surface area contributed by atoms with Crippen molar-refractivity contribution in [3.8, 4) is 0 Å². The number of carbonyl (C=O) groups is 1. The van der Waals surface area contributed by atoms with Crippen LogP contribution in [0.4, 0.5) is 0 Å². The summed E-state index contributed by atoms with van der Waals surface area (Å²) in [6.45, 7) is 5.52. The van der Waals surface area contributed by atoms with E-state index in [1.807, 2.05) is 13.3 Å². The molecular weight excluding hydrogens is 208 g/mol. The van der Waals surface area contributed by atoms with Crippen LogP contribution in [0.15, 0.2) is 0 Å². The second kappa shape index (κ2) is 7.99. The molecule has 1 amide bonds. The van der Waals surface area contributed by atoms with Gasteiger partial charge in [-0.25, -0.2) is 0 Å². The van der Waals surface area contributed by atoms with E-state index in [0.29, 0.717) is 12.5 Å². The summed E-state index contributed by atoms with van der Waals surface area (Å²) in [6.07, 6.45) is 2.94. The van der Waals surface area contributed by atoms with Crippen molar-refractivity contribution in [1.29, 1.82) is 0 Å². The van der Waals surface area contributed by atoms with E-state index in [4.69, 9.17) is 5.73 Å². The van der Waals surface area contributed by atoms with Crippen molar-refractivity contribution in [2.24, 2.45) is 17.6 Å². The molecule has 2 N–H and O–H groups in total. The third kappa shape index (κ3) is 6.05. The van der Waals surface area contributed by atoms with E-state index in [1.165, 1.54) is 0 Å². The summed E-state index contributed by atoms with van der Waals surface area (Å²) in [4.78, 5) is 13.8. The lowest BCUT2D eigenvalue weighted by molar-refractivity contribution is -0.134. The molecule has 0 heterocycles. The lowest BCUT2D eigenvalue weighted by Gasteiger charge is -2.23. The predicted octanol–water partition coefficient (Wildman–Crippen LogP) is 1.43. The maximum atomic E-state index is 12.0. The SMILES string of the molecule is CSCCN(C)C(=O)C(CN)CC(C)C. The second-order valence-electron chi connectivity index (χ2n) is 4.31. The van der Waals surface area contributed by atoms with Gasteiger partial charge in [-0.3, -0.25) is 4.79 Å². The topological polar surface area (TPSA) is 46.3 Å². The highest BCUT2D eigenvalue weighted by atomic mass is 32.2. The molecule has 0 aromatic heterocycles. The van der Waals surface area contributed by atoms with Gasteiger partial charge in [-0.1, -0.05) is 13.8 Å². The molecule has 0 saturated carbocycles. The zero-order valence-corrected chi connectivity index (χ0v) is 11.1. The Kier molecular flexibility index (Phi) is 7.88. The largest absolute Gasteiger partial charge is 0.345 e. The number of nitrogens with two attached hydrogens (primary N) is 1. The van der Waals surface area contributed by atoms with Gasteiger partial charge in [0.1, 0.15) is 0 Å². The average Bonchev–Trinajstić information content (AvgIpc) is 2.21. The van der Waals surface area contributed by atoms with E-state index in [2.05, 4.69) is 13.8 Å². The maximum absolute atomic E-state index is 12.0. The summed E-state index contributed by atoms with van der Waals surface area (Å²) in [7, 11) is 1.86. The van der Waals surface area contributed by atoms with Gasteiger partial charge >= 0.3 is 0 Å². The lowest BCUT2D eigenvalue weighted by atomic mass is 9.96.